The molecule has 2 N–H and O–H groups in total. The van der Waals surface area contributed by atoms with E-state index in [2.05, 4.69) is 31.2 Å². The summed E-state index contributed by atoms with van der Waals surface area (Å²) in [5.41, 5.74) is 11.2. The largest absolute Gasteiger partial charge is 0.333 e. The highest BCUT2D eigenvalue weighted by atomic mass is 35.5. The van der Waals surface area contributed by atoms with E-state index in [0.717, 1.165) is 29.5 Å². The van der Waals surface area contributed by atoms with Crippen LogP contribution in [0.15, 0.2) is 72.8 Å². The van der Waals surface area contributed by atoms with Gasteiger partial charge in [0.15, 0.2) is 0 Å². The molecule has 3 aromatic rings. The summed E-state index contributed by atoms with van der Waals surface area (Å²) >= 11 is 5.98. The van der Waals surface area contributed by atoms with Crippen LogP contribution in [0, 0.1) is 6.92 Å². The SMILES string of the molecule is Cc1ccc(CCc2ccccc2C(=O)N(CCN)Cc2ccc(Cl)cc2)cc1. The lowest BCUT2D eigenvalue weighted by Crippen LogP contribution is -2.35. The molecule has 0 bridgehead atoms. The maximum absolute atomic E-state index is 13.3. The highest BCUT2D eigenvalue weighted by Gasteiger charge is 2.18. The molecule has 0 radical (unpaired) electrons. The molecule has 1 amide bonds. The molecule has 0 atom stereocenters. The second-order valence-corrected chi connectivity index (χ2v) is 7.72. The number of aryl methyl sites for hydroxylation is 3. The zero-order valence-corrected chi connectivity index (χ0v) is 17.5. The molecule has 0 fully saturated rings. The number of carbonyl (C=O) groups excluding carboxylic acids is 1. The second kappa shape index (κ2) is 10.2. The van der Waals surface area contributed by atoms with Gasteiger partial charge in [0, 0.05) is 30.2 Å². The van der Waals surface area contributed by atoms with Crippen molar-refractivity contribution in [3.05, 3.63) is 106 Å². The zero-order valence-electron chi connectivity index (χ0n) is 16.8. The van der Waals surface area contributed by atoms with Crippen LogP contribution in [0.25, 0.3) is 0 Å². The van der Waals surface area contributed by atoms with Crippen LogP contribution in [0.5, 0.6) is 0 Å². The molecule has 3 aromatic carbocycles. The zero-order chi connectivity index (χ0) is 20.6. The molecule has 0 aliphatic carbocycles. The van der Waals surface area contributed by atoms with Crippen LogP contribution in [0.1, 0.15) is 32.6 Å². The monoisotopic (exact) mass is 406 g/mol. The number of rotatable bonds is 8. The molecule has 150 valence electrons. The summed E-state index contributed by atoms with van der Waals surface area (Å²) in [5.74, 6) is 0.0184. The van der Waals surface area contributed by atoms with Gasteiger partial charge in [0.25, 0.3) is 5.91 Å². The van der Waals surface area contributed by atoms with Crippen LogP contribution in [-0.2, 0) is 19.4 Å². The molecule has 29 heavy (non-hydrogen) atoms. The summed E-state index contributed by atoms with van der Waals surface area (Å²) in [4.78, 5) is 15.1. The fourth-order valence-electron chi connectivity index (χ4n) is 3.37. The van der Waals surface area contributed by atoms with Gasteiger partial charge in [0.05, 0.1) is 0 Å². The van der Waals surface area contributed by atoms with Crippen molar-refractivity contribution in [3.63, 3.8) is 0 Å². The summed E-state index contributed by atoms with van der Waals surface area (Å²) in [6.45, 7) is 3.53. The van der Waals surface area contributed by atoms with E-state index >= 15 is 0 Å². The summed E-state index contributed by atoms with van der Waals surface area (Å²) in [5, 5.41) is 0.687. The van der Waals surface area contributed by atoms with Gasteiger partial charge in [-0.1, -0.05) is 71.8 Å². The molecule has 0 heterocycles. The maximum atomic E-state index is 13.3. The Labute approximate surface area is 178 Å². The minimum Gasteiger partial charge on any atom is -0.333 e. The number of hydrogen-bond acceptors (Lipinski definition) is 2. The van der Waals surface area contributed by atoms with Gasteiger partial charge in [-0.05, 0) is 54.7 Å². The van der Waals surface area contributed by atoms with Crippen molar-refractivity contribution in [2.24, 2.45) is 5.73 Å². The molecule has 0 aromatic heterocycles. The van der Waals surface area contributed by atoms with E-state index in [-0.39, 0.29) is 5.91 Å². The van der Waals surface area contributed by atoms with Crippen molar-refractivity contribution >= 4 is 17.5 Å². The number of benzene rings is 3. The number of hydrogen-bond donors (Lipinski definition) is 1. The Balaban J connectivity index is 1.76. The normalized spacial score (nSPS) is 10.7. The van der Waals surface area contributed by atoms with E-state index in [4.69, 9.17) is 17.3 Å². The third-order valence-corrected chi connectivity index (χ3v) is 5.28. The van der Waals surface area contributed by atoms with E-state index < -0.39 is 0 Å². The summed E-state index contributed by atoms with van der Waals surface area (Å²) in [7, 11) is 0. The van der Waals surface area contributed by atoms with Crippen LogP contribution in [0.3, 0.4) is 0 Å². The van der Waals surface area contributed by atoms with E-state index in [1.165, 1.54) is 11.1 Å². The number of amides is 1. The molecule has 0 saturated carbocycles. The average molecular weight is 407 g/mol. The smallest absolute Gasteiger partial charge is 0.254 e. The number of nitrogens with zero attached hydrogens (tertiary/aromatic N) is 1. The lowest BCUT2D eigenvalue weighted by molar-refractivity contribution is 0.0747. The summed E-state index contributed by atoms with van der Waals surface area (Å²) in [6, 6.07) is 24.0. The number of halogens is 1. The van der Waals surface area contributed by atoms with Crippen LogP contribution >= 0.6 is 11.6 Å². The van der Waals surface area contributed by atoms with Gasteiger partial charge < -0.3 is 10.6 Å². The standard InChI is InChI=1S/C25H27ClN2O/c1-19-6-8-20(9-7-19)10-13-22-4-2-3-5-24(22)25(29)28(17-16-27)18-21-11-14-23(26)15-12-21/h2-9,11-12,14-15H,10,13,16-18,27H2,1H3. The van der Waals surface area contributed by atoms with E-state index in [0.29, 0.717) is 24.7 Å². The quantitative estimate of drug-likeness (QED) is 0.570. The molecule has 0 unspecified atom stereocenters. The summed E-state index contributed by atoms with van der Waals surface area (Å²) in [6.07, 6.45) is 1.72. The Morgan fingerprint density at radius 2 is 1.55 bits per heavy atom. The molecular formula is C25H27ClN2O. The van der Waals surface area contributed by atoms with Gasteiger partial charge in [0.1, 0.15) is 0 Å². The topological polar surface area (TPSA) is 46.3 Å². The Bertz CT molecular complexity index is 936. The molecular weight excluding hydrogens is 380 g/mol. The van der Waals surface area contributed by atoms with Gasteiger partial charge in [0.2, 0.25) is 0 Å². The van der Waals surface area contributed by atoms with Crippen molar-refractivity contribution in [2.75, 3.05) is 13.1 Å². The Morgan fingerprint density at radius 1 is 0.897 bits per heavy atom. The van der Waals surface area contributed by atoms with Gasteiger partial charge >= 0.3 is 0 Å². The Kier molecular flexibility index (Phi) is 7.45. The highest BCUT2D eigenvalue weighted by Crippen LogP contribution is 2.18. The van der Waals surface area contributed by atoms with E-state index in [1.54, 1.807) is 0 Å². The molecule has 0 saturated heterocycles. The predicted octanol–water partition coefficient (Wildman–Crippen LogP) is 5.03. The third kappa shape index (κ3) is 5.93. The van der Waals surface area contributed by atoms with Gasteiger partial charge in [-0.15, -0.1) is 0 Å². The fraction of sp³-hybridized carbons (Fsp3) is 0.240. The fourth-order valence-corrected chi connectivity index (χ4v) is 3.50. The summed E-state index contributed by atoms with van der Waals surface area (Å²) < 4.78 is 0. The third-order valence-electron chi connectivity index (χ3n) is 5.02. The first kappa shape index (κ1) is 21.1. The van der Waals surface area contributed by atoms with Crippen molar-refractivity contribution in [2.45, 2.75) is 26.3 Å². The lowest BCUT2D eigenvalue weighted by Gasteiger charge is -2.23. The Morgan fingerprint density at radius 3 is 2.24 bits per heavy atom. The van der Waals surface area contributed by atoms with Crippen LogP contribution in [0.2, 0.25) is 5.02 Å². The molecule has 3 nitrogen and oxygen atoms in total. The lowest BCUT2D eigenvalue weighted by atomic mass is 9.98. The van der Waals surface area contributed by atoms with Crippen molar-refractivity contribution < 1.29 is 4.79 Å². The van der Waals surface area contributed by atoms with Crippen LogP contribution in [0.4, 0.5) is 0 Å². The Hall–Kier alpha value is -2.62. The molecule has 0 spiro atoms. The maximum Gasteiger partial charge on any atom is 0.254 e. The molecule has 4 heteroatoms. The van der Waals surface area contributed by atoms with E-state index in [1.807, 2.05) is 53.4 Å². The van der Waals surface area contributed by atoms with Crippen LogP contribution in [-0.4, -0.2) is 23.9 Å². The first-order valence-electron chi connectivity index (χ1n) is 9.94. The van der Waals surface area contributed by atoms with Gasteiger partial charge in [-0.25, -0.2) is 0 Å². The van der Waals surface area contributed by atoms with Gasteiger partial charge in [-0.2, -0.15) is 0 Å². The first-order valence-corrected chi connectivity index (χ1v) is 10.3. The molecule has 0 aliphatic rings. The predicted molar refractivity (Wildman–Crippen MR) is 120 cm³/mol. The minimum absolute atomic E-state index is 0.0184. The van der Waals surface area contributed by atoms with Crippen molar-refractivity contribution in [1.29, 1.82) is 0 Å². The highest BCUT2D eigenvalue weighted by molar-refractivity contribution is 6.30. The minimum atomic E-state index is 0.0184. The second-order valence-electron chi connectivity index (χ2n) is 7.28. The first-order chi connectivity index (χ1) is 14.1. The number of carbonyl (C=O) groups is 1. The van der Waals surface area contributed by atoms with Crippen LogP contribution < -0.4 is 5.73 Å². The van der Waals surface area contributed by atoms with Crippen molar-refractivity contribution in [3.8, 4) is 0 Å². The van der Waals surface area contributed by atoms with E-state index in [9.17, 15) is 4.79 Å². The molecule has 0 aliphatic heterocycles. The van der Waals surface area contributed by atoms with Gasteiger partial charge in [-0.3, -0.25) is 4.79 Å². The van der Waals surface area contributed by atoms with Crippen molar-refractivity contribution in [1.82, 2.24) is 4.90 Å². The number of nitrogens with two attached hydrogens (primary N) is 1. The average Bonchev–Trinajstić information content (AvgIpc) is 2.74. The molecule has 3 rings (SSSR count).